The third kappa shape index (κ3) is 3.81. The molecule has 156 valence electrons. The van der Waals surface area contributed by atoms with Crippen LogP contribution >= 0.6 is 0 Å². The Labute approximate surface area is 168 Å². The quantitative estimate of drug-likeness (QED) is 0.603. The molecule has 0 unspecified atom stereocenters. The third-order valence-electron chi connectivity index (χ3n) is 5.21. The first-order valence-electron chi connectivity index (χ1n) is 9.03. The lowest BCUT2D eigenvalue weighted by atomic mass is 9.83. The second kappa shape index (κ2) is 8.59. The zero-order valence-electron chi connectivity index (χ0n) is 16.4. The highest BCUT2D eigenvalue weighted by atomic mass is 16.5. The summed E-state index contributed by atoms with van der Waals surface area (Å²) >= 11 is 0. The van der Waals surface area contributed by atoms with Gasteiger partial charge in [0, 0.05) is 18.1 Å². The normalized spacial score (nSPS) is 21.0. The van der Waals surface area contributed by atoms with Crippen LogP contribution in [-0.4, -0.2) is 55.6 Å². The Bertz CT molecular complexity index is 869. The molecule has 0 aliphatic carbocycles. The van der Waals surface area contributed by atoms with Crippen molar-refractivity contribution in [1.82, 2.24) is 0 Å². The Hall–Kier alpha value is -2.97. The van der Waals surface area contributed by atoms with Crippen molar-refractivity contribution in [1.29, 1.82) is 0 Å². The molecule has 0 radical (unpaired) electrons. The minimum atomic E-state index is -0.608. The monoisotopic (exact) mass is 404 g/mol. The smallest absolute Gasteiger partial charge is 0.200 e. The van der Waals surface area contributed by atoms with E-state index >= 15 is 0 Å². The van der Waals surface area contributed by atoms with Crippen molar-refractivity contribution in [2.45, 2.75) is 6.10 Å². The van der Waals surface area contributed by atoms with E-state index in [2.05, 4.69) is 0 Å². The molecule has 2 aromatic rings. The fourth-order valence-electron chi connectivity index (χ4n) is 3.62. The topological polar surface area (TPSA) is 115 Å². The summed E-state index contributed by atoms with van der Waals surface area (Å²) in [6, 6.07) is 7.65. The van der Waals surface area contributed by atoms with Crippen LogP contribution < -0.4 is 14.2 Å². The van der Waals surface area contributed by atoms with Gasteiger partial charge in [0.2, 0.25) is 5.75 Å². The molecule has 0 saturated carbocycles. The van der Waals surface area contributed by atoms with Crippen LogP contribution in [0.3, 0.4) is 0 Å². The second-order valence-corrected chi connectivity index (χ2v) is 6.73. The molecule has 29 heavy (non-hydrogen) atoms. The number of aliphatic hydroxyl groups excluding tert-OH is 1. The van der Waals surface area contributed by atoms with Crippen LogP contribution in [0.1, 0.15) is 22.0 Å². The number of methoxy groups -OCH3 is 3. The summed E-state index contributed by atoms with van der Waals surface area (Å²) in [6.45, 7) is -0.153. The molecule has 1 fully saturated rings. The average Bonchev–Trinajstić information content (AvgIpc) is 3.17. The van der Waals surface area contributed by atoms with Crippen molar-refractivity contribution in [3.8, 4) is 28.7 Å². The summed E-state index contributed by atoms with van der Waals surface area (Å²) < 4.78 is 21.2. The van der Waals surface area contributed by atoms with Crippen molar-refractivity contribution in [3.63, 3.8) is 0 Å². The Balaban J connectivity index is 1.91. The number of phenols is 2. The minimum absolute atomic E-state index is 0.00861. The molecule has 3 atom stereocenters. The summed E-state index contributed by atoms with van der Waals surface area (Å²) in [7, 11) is 4.20. The highest BCUT2D eigenvalue weighted by molar-refractivity contribution is 5.99. The van der Waals surface area contributed by atoms with Crippen molar-refractivity contribution in [3.05, 3.63) is 41.5 Å². The Morgan fingerprint density at radius 3 is 2.21 bits per heavy atom. The number of hydrogen-bond donors (Lipinski definition) is 3. The molecule has 0 spiro atoms. The van der Waals surface area contributed by atoms with Crippen LogP contribution in [0.5, 0.6) is 28.7 Å². The Morgan fingerprint density at radius 2 is 1.66 bits per heavy atom. The highest BCUT2D eigenvalue weighted by Crippen LogP contribution is 2.43. The molecule has 2 aromatic carbocycles. The zero-order chi connectivity index (χ0) is 21.1. The number of aromatic hydroxyl groups is 2. The van der Waals surface area contributed by atoms with Gasteiger partial charge in [-0.2, -0.15) is 0 Å². The van der Waals surface area contributed by atoms with E-state index in [1.165, 1.54) is 39.5 Å². The molecule has 0 amide bonds. The molecule has 0 aromatic heterocycles. The molecular weight excluding hydrogens is 380 g/mol. The van der Waals surface area contributed by atoms with Gasteiger partial charge in [-0.1, -0.05) is 6.07 Å². The van der Waals surface area contributed by atoms with Gasteiger partial charge in [0.15, 0.2) is 28.8 Å². The number of aliphatic hydroxyl groups is 1. The summed E-state index contributed by atoms with van der Waals surface area (Å²) in [5.41, 5.74) is 0.974. The van der Waals surface area contributed by atoms with E-state index in [1.807, 2.05) is 0 Å². The van der Waals surface area contributed by atoms with Gasteiger partial charge in [0.05, 0.1) is 40.0 Å². The Morgan fingerprint density at radius 1 is 1.03 bits per heavy atom. The number of ether oxygens (including phenoxy) is 4. The van der Waals surface area contributed by atoms with Crippen molar-refractivity contribution in [2.24, 2.45) is 11.8 Å². The van der Waals surface area contributed by atoms with Crippen molar-refractivity contribution in [2.75, 3.05) is 34.5 Å². The van der Waals surface area contributed by atoms with Gasteiger partial charge in [0.25, 0.3) is 0 Å². The van der Waals surface area contributed by atoms with E-state index < -0.39 is 17.9 Å². The van der Waals surface area contributed by atoms with Crippen LogP contribution in [-0.2, 0) is 4.74 Å². The van der Waals surface area contributed by atoms with Crippen LogP contribution in [0, 0.1) is 11.8 Å². The van der Waals surface area contributed by atoms with Gasteiger partial charge in [-0.3, -0.25) is 4.79 Å². The summed E-state index contributed by atoms with van der Waals surface area (Å²) in [5.74, 6) is -1.04. The second-order valence-electron chi connectivity index (χ2n) is 6.73. The van der Waals surface area contributed by atoms with Crippen LogP contribution in [0.15, 0.2) is 30.3 Å². The zero-order valence-corrected chi connectivity index (χ0v) is 16.4. The molecule has 0 bridgehead atoms. The molecule has 8 nitrogen and oxygen atoms in total. The summed E-state index contributed by atoms with van der Waals surface area (Å²) in [6.07, 6.45) is -0.538. The van der Waals surface area contributed by atoms with Gasteiger partial charge in [0.1, 0.15) is 0 Å². The summed E-state index contributed by atoms with van der Waals surface area (Å²) in [4.78, 5) is 13.2. The first-order valence-corrected chi connectivity index (χ1v) is 9.03. The maximum Gasteiger partial charge on any atom is 0.200 e. The van der Waals surface area contributed by atoms with E-state index in [0.717, 1.165) is 0 Å². The number of benzene rings is 2. The number of hydrogen-bond acceptors (Lipinski definition) is 8. The molecule has 3 N–H and O–H groups in total. The van der Waals surface area contributed by atoms with Gasteiger partial charge >= 0.3 is 0 Å². The maximum absolute atomic E-state index is 13.2. The van der Waals surface area contributed by atoms with Crippen LogP contribution in [0.2, 0.25) is 0 Å². The van der Waals surface area contributed by atoms with E-state index in [-0.39, 0.29) is 53.3 Å². The first-order chi connectivity index (χ1) is 13.9. The van der Waals surface area contributed by atoms with E-state index in [4.69, 9.17) is 18.9 Å². The highest BCUT2D eigenvalue weighted by Gasteiger charge is 2.42. The number of Topliss-reactive ketones (excluding diaryl/α,β-unsaturated/α-hetero) is 1. The number of ketones is 1. The lowest BCUT2D eigenvalue weighted by molar-refractivity contribution is 0.0713. The fourth-order valence-corrected chi connectivity index (χ4v) is 3.62. The number of phenolic OH excluding ortho intramolecular Hbond substituents is 2. The van der Waals surface area contributed by atoms with E-state index in [1.54, 1.807) is 12.1 Å². The molecular formula is C21H24O8. The lowest BCUT2D eigenvalue weighted by Crippen LogP contribution is -2.26. The lowest BCUT2D eigenvalue weighted by Gasteiger charge is -2.21. The van der Waals surface area contributed by atoms with Crippen LogP contribution in [0.4, 0.5) is 0 Å². The first kappa shape index (κ1) is 20.8. The standard InChI is InChI=1S/C21H24O8/c1-26-16-6-11(4-5-15(16)23)21-13(9-22)14(10-29-21)19(24)12-7-17(27-2)20(25)18(8-12)28-3/h4-8,13-14,21-23,25H,9-10H2,1-3H3/t13-,14+,21+/m0/s1. The maximum atomic E-state index is 13.2. The number of rotatable bonds is 7. The SMILES string of the molecule is COc1cc([C@H]2OC[C@@H](C(=O)c3cc(OC)c(O)c(OC)c3)[C@@H]2CO)ccc1O. The predicted octanol–water partition coefficient (Wildman–Crippen LogP) is 2.30. The Kier molecular flexibility index (Phi) is 6.14. The molecule has 3 rings (SSSR count). The minimum Gasteiger partial charge on any atom is -0.504 e. The third-order valence-corrected chi connectivity index (χ3v) is 5.21. The average molecular weight is 404 g/mol. The van der Waals surface area contributed by atoms with Gasteiger partial charge < -0.3 is 34.3 Å². The van der Waals surface area contributed by atoms with Crippen LogP contribution in [0.25, 0.3) is 0 Å². The summed E-state index contributed by atoms with van der Waals surface area (Å²) in [5, 5.41) is 29.8. The van der Waals surface area contributed by atoms with Crippen molar-refractivity contribution < 1.29 is 39.1 Å². The van der Waals surface area contributed by atoms with Gasteiger partial charge in [-0.15, -0.1) is 0 Å². The predicted molar refractivity (Wildman–Crippen MR) is 103 cm³/mol. The molecule has 1 saturated heterocycles. The van der Waals surface area contributed by atoms with E-state index in [0.29, 0.717) is 5.56 Å². The molecule has 1 aliphatic rings. The van der Waals surface area contributed by atoms with Gasteiger partial charge in [-0.25, -0.2) is 0 Å². The van der Waals surface area contributed by atoms with Gasteiger partial charge in [-0.05, 0) is 29.8 Å². The molecule has 1 aliphatic heterocycles. The number of carbonyl (C=O) groups excluding carboxylic acids is 1. The largest absolute Gasteiger partial charge is 0.504 e. The molecule has 8 heteroatoms. The fraction of sp³-hybridized carbons (Fsp3) is 0.381. The number of carbonyl (C=O) groups is 1. The van der Waals surface area contributed by atoms with Crippen molar-refractivity contribution >= 4 is 5.78 Å². The molecule has 1 heterocycles. The van der Waals surface area contributed by atoms with E-state index in [9.17, 15) is 20.1 Å².